The van der Waals surface area contributed by atoms with Gasteiger partial charge >= 0.3 is 29.6 Å². The van der Waals surface area contributed by atoms with Crippen molar-refractivity contribution in [3.63, 3.8) is 0 Å². The summed E-state index contributed by atoms with van der Waals surface area (Å²) in [6.07, 6.45) is 1.03. The van der Waals surface area contributed by atoms with Gasteiger partial charge < -0.3 is 6.16 Å². The van der Waals surface area contributed by atoms with Gasteiger partial charge in [-0.05, 0) is 31.4 Å². The summed E-state index contributed by atoms with van der Waals surface area (Å²) in [6, 6.07) is 1.36. The number of primary sulfonamides is 1. The molecule has 0 amide bonds. The minimum atomic E-state index is -3.88. The number of hydrogen-bond donors (Lipinski definition) is 1. The van der Waals surface area contributed by atoms with E-state index in [1.165, 1.54) is 10.4 Å². The molecule has 0 fully saturated rings. The third-order valence-corrected chi connectivity index (χ3v) is 8.47. The van der Waals surface area contributed by atoms with E-state index in [0.29, 0.717) is 31.5 Å². The standard InChI is InChI=1S/C11H18N2O5S3.Na.H/c1-8(18-2)3-5-13-6-4-9-7-10(20(12,14)15)19-11(9)21(13,16)17;;/h7-8H,3-6H2,1-2H3,(H2,12,14,15);;/q;+1;-1. The first-order valence-electron chi connectivity index (χ1n) is 6.34. The normalized spacial score (nSPS) is 19.2. The third kappa shape index (κ3) is 4.31. The molecule has 2 heterocycles. The van der Waals surface area contributed by atoms with Gasteiger partial charge in [0.1, 0.15) is 8.42 Å². The Morgan fingerprint density at radius 1 is 1.55 bits per heavy atom. The summed E-state index contributed by atoms with van der Waals surface area (Å²) in [6.45, 7) is 2.55. The summed E-state index contributed by atoms with van der Waals surface area (Å²) in [5, 5.41) is 5.07. The fourth-order valence-corrected chi connectivity index (χ4v) is 6.34. The molecule has 0 radical (unpaired) electrons. The Hall–Kier alpha value is 0.480. The van der Waals surface area contributed by atoms with E-state index in [4.69, 9.17) is 9.88 Å². The Bertz CT molecular complexity index is 735. The van der Waals surface area contributed by atoms with Crippen molar-refractivity contribution in [3.05, 3.63) is 11.6 Å². The van der Waals surface area contributed by atoms with Crippen LogP contribution in [0.5, 0.6) is 0 Å². The molecule has 1 aliphatic rings. The second kappa shape index (κ2) is 7.58. The Kier molecular flexibility index (Phi) is 7.07. The molecule has 1 aliphatic heterocycles. The van der Waals surface area contributed by atoms with Crippen LogP contribution in [0.1, 0.15) is 20.3 Å². The number of hydrogen-bond acceptors (Lipinski definition) is 6. The van der Waals surface area contributed by atoms with Gasteiger partial charge in [-0.2, -0.15) is 4.31 Å². The van der Waals surface area contributed by atoms with E-state index < -0.39 is 20.0 Å². The van der Waals surface area contributed by atoms with Gasteiger partial charge in [0.25, 0.3) is 10.0 Å². The molecule has 2 N–H and O–H groups in total. The largest absolute Gasteiger partial charge is 1.00 e. The van der Waals surface area contributed by atoms with Crippen LogP contribution in [0.2, 0.25) is 0 Å². The zero-order valence-electron chi connectivity index (χ0n) is 13.8. The van der Waals surface area contributed by atoms with Gasteiger partial charge in [-0.1, -0.05) is 0 Å². The van der Waals surface area contributed by atoms with Crippen molar-refractivity contribution in [3.8, 4) is 0 Å². The van der Waals surface area contributed by atoms with E-state index in [0.717, 1.165) is 11.3 Å². The molecule has 122 valence electrons. The average molecular weight is 378 g/mol. The first-order chi connectivity index (χ1) is 9.66. The van der Waals surface area contributed by atoms with Crippen LogP contribution in [0, 0.1) is 0 Å². The maximum absolute atomic E-state index is 12.5. The number of sulfonamides is 2. The van der Waals surface area contributed by atoms with Crippen molar-refractivity contribution < 1.29 is 52.6 Å². The fraction of sp³-hybridized carbons (Fsp3) is 0.636. The fourth-order valence-electron chi connectivity index (χ4n) is 2.08. The van der Waals surface area contributed by atoms with E-state index in [9.17, 15) is 16.8 Å². The molecule has 11 heteroatoms. The van der Waals surface area contributed by atoms with Gasteiger partial charge in [-0.25, -0.2) is 22.0 Å². The predicted octanol–water partition coefficient (Wildman–Crippen LogP) is -2.52. The van der Waals surface area contributed by atoms with Crippen molar-refractivity contribution in [2.45, 2.75) is 34.3 Å². The molecule has 0 spiro atoms. The summed E-state index contributed by atoms with van der Waals surface area (Å²) in [7, 11) is -5.95. The average Bonchev–Trinajstić information content (AvgIpc) is 2.82. The van der Waals surface area contributed by atoms with E-state index in [2.05, 4.69) is 0 Å². The van der Waals surface area contributed by atoms with E-state index >= 15 is 0 Å². The number of ether oxygens (including phenoxy) is 1. The van der Waals surface area contributed by atoms with Crippen molar-refractivity contribution in [1.82, 2.24) is 4.31 Å². The van der Waals surface area contributed by atoms with Crippen LogP contribution >= 0.6 is 11.3 Å². The van der Waals surface area contributed by atoms with Crippen LogP contribution in [-0.4, -0.2) is 47.4 Å². The van der Waals surface area contributed by atoms with Crippen LogP contribution in [0.4, 0.5) is 0 Å². The molecular formula is C11H19N2NaO5S3. The van der Waals surface area contributed by atoms with Crippen LogP contribution in [0.25, 0.3) is 0 Å². The van der Waals surface area contributed by atoms with Crippen molar-refractivity contribution in [2.75, 3.05) is 20.2 Å². The summed E-state index contributed by atoms with van der Waals surface area (Å²) < 4.78 is 54.2. The minimum absolute atomic E-state index is 0. The first kappa shape index (κ1) is 20.5. The minimum Gasteiger partial charge on any atom is -1.00 e. The van der Waals surface area contributed by atoms with Crippen LogP contribution in [0.15, 0.2) is 14.5 Å². The molecule has 7 nitrogen and oxygen atoms in total. The molecule has 0 saturated heterocycles. The van der Waals surface area contributed by atoms with Gasteiger partial charge in [0.15, 0.2) is 0 Å². The molecular weight excluding hydrogens is 359 g/mol. The van der Waals surface area contributed by atoms with E-state index in [1.54, 1.807) is 7.11 Å². The molecule has 0 aliphatic carbocycles. The molecule has 2 rings (SSSR count). The van der Waals surface area contributed by atoms with E-state index in [-0.39, 0.29) is 45.5 Å². The van der Waals surface area contributed by atoms with Crippen LogP contribution < -0.4 is 34.7 Å². The Labute approximate surface area is 158 Å². The second-order valence-corrected chi connectivity index (χ2v) is 9.89. The number of nitrogens with two attached hydrogens (primary N) is 1. The summed E-state index contributed by atoms with van der Waals surface area (Å²) >= 11 is 0.719. The Morgan fingerprint density at radius 3 is 2.73 bits per heavy atom. The van der Waals surface area contributed by atoms with Gasteiger partial charge in [-0.3, -0.25) is 0 Å². The number of thiophene rings is 1. The quantitative estimate of drug-likeness (QED) is 0.570. The van der Waals surface area contributed by atoms with Crippen molar-refractivity contribution >= 4 is 31.4 Å². The molecule has 0 saturated carbocycles. The van der Waals surface area contributed by atoms with Gasteiger partial charge in [0.05, 0.1) is 6.10 Å². The Balaban J connectivity index is 0.00000242. The maximum atomic E-state index is 12.5. The molecule has 0 aromatic carbocycles. The van der Waals surface area contributed by atoms with Crippen LogP contribution in [-0.2, 0) is 31.2 Å². The Morgan fingerprint density at radius 2 is 2.18 bits per heavy atom. The maximum Gasteiger partial charge on any atom is 1.00 e. The second-order valence-electron chi connectivity index (χ2n) is 4.91. The zero-order chi connectivity index (χ0) is 15.8. The predicted molar refractivity (Wildman–Crippen MR) is 80.4 cm³/mol. The summed E-state index contributed by atoms with van der Waals surface area (Å²) in [4.78, 5) is 0. The van der Waals surface area contributed by atoms with Gasteiger partial charge in [-0.15, -0.1) is 11.3 Å². The van der Waals surface area contributed by atoms with Crippen molar-refractivity contribution in [2.24, 2.45) is 5.14 Å². The third-order valence-electron chi connectivity index (χ3n) is 3.42. The monoisotopic (exact) mass is 378 g/mol. The number of nitrogens with zero attached hydrogens (tertiary/aromatic N) is 1. The molecule has 1 aromatic rings. The number of fused-ring (bicyclic) bond motifs is 1. The topological polar surface area (TPSA) is 107 Å². The van der Waals surface area contributed by atoms with Gasteiger partial charge in [0, 0.05) is 20.2 Å². The molecule has 1 atom stereocenters. The first-order valence-corrected chi connectivity index (χ1v) is 10.1. The number of rotatable bonds is 5. The SMILES string of the molecule is COC(C)CCN1CCc2cc(S(N)(=O)=O)sc2S1(=O)=O.[H-].[Na+]. The van der Waals surface area contributed by atoms with E-state index in [1.807, 2.05) is 6.92 Å². The molecule has 0 bridgehead atoms. The zero-order valence-corrected chi connectivity index (χ0v) is 17.2. The van der Waals surface area contributed by atoms with Crippen LogP contribution in [0.3, 0.4) is 0 Å². The summed E-state index contributed by atoms with van der Waals surface area (Å²) in [5.74, 6) is 0. The van der Waals surface area contributed by atoms with Gasteiger partial charge in [0.2, 0.25) is 10.0 Å². The number of methoxy groups -OCH3 is 1. The molecule has 22 heavy (non-hydrogen) atoms. The molecule has 1 unspecified atom stereocenters. The van der Waals surface area contributed by atoms with Crippen molar-refractivity contribution in [1.29, 1.82) is 0 Å². The smallest absolute Gasteiger partial charge is 1.00 e. The molecule has 1 aromatic heterocycles. The summed E-state index contributed by atoms with van der Waals surface area (Å²) in [5.41, 5.74) is 0.528.